The number of nitrogen functional groups attached to an aromatic ring is 2. The molecule has 2 unspecified atom stereocenters. The van der Waals surface area contributed by atoms with Crippen LogP contribution in [0.4, 0.5) is 11.4 Å². The summed E-state index contributed by atoms with van der Waals surface area (Å²) < 4.78 is 0. The minimum Gasteiger partial charge on any atom is -0.399 e. The molecule has 306 valence electrons. The first kappa shape index (κ1) is 45.2. The Balaban J connectivity index is 1.43. The Kier molecular flexibility index (Phi) is 21.9. The summed E-state index contributed by atoms with van der Waals surface area (Å²) >= 11 is 0. The normalized spacial score (nSPS) is 13.1. The van der Waals surface area contributed by atoms with Gasteiger partial charge in [0.15, 0.2) is 0 Å². The fourth-order valence-electron chi connectivity index (χ4n) is 8.87. The van der Waals surface area contributed by atoms with E-state index in [4.69, 9.17) is 11.5 Å². The molecule has 0 saturated carbocycles. The Morgan fingerprint density at radius 2 is 0.589 bits per heavy atom. The molecule has 4 rings (SSSR count). The summed E-state index contributed by atoms with van der Waals surface area (Å²) in [5.41, 5.74) is 22.6. The third-order valence-corrected chi connectivity index (χ3v) is 12.4. The van der Waals surface area contributed by atoms with Gasteiger partial charge in [-0.25, -0.2) is 0 Å². The zero-order valence-corrected chi connectivity index (χ0v) is 36.1. The van der Waals surface area contributed by atoms with Crippen LogP contribution in [0, 0.1) is 5.92 Å². The molecule has 2 atom stereocenters. The Morgan fingerprint density at radius 1 is 0.321 bits per heavy atom. The predicted octanol–water partition coefficient (Wildman–Crippen LogP) is 16.2. The third kappa shape index (κ3) is 16.9. The van der Waals surface area contributed by atoms with Crippen LogP contribution in [0.3, 0.4) is 0 Å². The van der Waals surface area contributed by atoms with Crippen molar-refractivity contribution in [1.82, 2.24) is 0 Å². The quantitative estimate of drug-likeness (QED) is 0.0411. The first-order chi connectivity index (χ1) is 27.5. The van der Waals surface area contributed by atoms with Crippen LogP contribution in [0.25, 0.3) is 0 Å². The van der Waals surface area contributed by atoms with Gasteiger partial charge in [-0.3, -0.25) is 0 Å². The van der Waals surface area contributed by atoms with Crippen LogP contribution in [0.5, 0.6) is 0 Å². The molecule has 0 amide bonds. The second kappa shape index (κ2) is 27.2. The van der Waals surface area contributed by atoms with Gasteiger partial charge in [-0.05, 0) is 95.7 Å². The lowest BCUT2D eigenvalue weighted by Gasteiger charge is -2.21. The summed E-state index contributed by atoms with van der Waals surface area (Å²) in [7, 11) is 0. The van der Waals surface area contributed by atoms with Crippen molar-refractivity contribution in [3.8, 4) is 0 Å². The second-order valence-corrected chi connectivity index (χ2v) is 17.2. The molecule has 2 heteroatoms. The van der Waals surface area contributed by atoms with Gasteiger partial charge in [0.05, 0.1) is 0 Å². The van der Waals surface area contributed by atoms with Crippen molar-refractivity contribution in [3.63, 3.8) is 0 Å². The summed E-state index contributed by atoms with van der Waals surface area (Å²) in [4.78, 5) is 0. The third-order valence-electron chi connectivity index (χ3n) is 12.4. The molecule has 4 aromatic carbocycles. The largest absolute Gasteiger partial charge is 0.399 e. The molecule has 2 nitrogen and oxygen atoms in total. The first-order valence-electron chi connectivity index (χ1n) is 23.4. The van der Waals surface area contributed by atoms with E-state index in [1.54, 1.807) is 0 Å². The number of unbranched alkanes of at least 4 members (excludes halogenated alkanes) is 16. The monoisotopic (exact) mass is 757 g/mol. The molecule has 0 aliphatic rings. The van der Waals surface area contributed by atoms with Crippen molar-refractivity contribution in [2.75, 3.05) is 11.5 Å². The molecule has 0 saturated heterocycles. The van der Waals surface area contributed by atoms with E-state index in [2.05, 4.69) is 118 Å². The van der Waals surface area contributed by atoms with Crippen LogP contribution in [0.2, 0.25) is 0 Å². The molecule has 4 aromatic rings. The van der Waals surface area contributed by atoms with E-state index in [0.717, 1.165) is 24.2 Å². The van der Waals surface area contributed by atoms with Crippen LogP contribution in [0.1, 0.15) is 207 Å². The molecule has 56 heavy (non-hydrogen) atoms. The average molecular weight is 757 g/mol. The van der Waals surface area contributed by atoms with Gasteiger partial charge in [0.2, 0.25) is 0 Å². The van der Waals surface area contributed by atoms with E-state index in [9.17, 15) is 0 Å². The van der Waals surface area contributed by atoms with Gasteiger partial charge in [0, 0.05) is 23.2 Å². The zero-order valence-electron chi connectivity index (χ0n) is 36.1. The molecule has 0 aliphatic carbocycles. The topological polar surface area (TPSA) is 52.0 Å². The minimum atomic E-state index is 0.427. The summed E-state index contributed by atoms with van der Waals surface area (Å²) in [6.45, 7) is 6.91. The highest BCUT2D eigenvalue weighted by atomic mass is 14.5. The van der Waals surface area contributed by atoms with Crippen LogP contribution in [-0.4, -0.2) is 0 Å². The van der Waals surface area contributed by atoms with Crippen LogP contribution < -0.4 is 11.5 Å². The van der Waals surface area contributed by atoms with E-state index >= 15 is 0 Å². The summed E-state index contributed by atoms with van der Waals surface area (Å²) in [6, 6.07) is 36.8. The molecular weight excluding hydrogens is 677 g/mol. The summed E-state index contributed by atoms with van der Waals surface area (Å²) in [5, 5.41) is 0. The molecule has 0 bridgehead atoms. The SMILES string of the molecule is CCCCCCCCCC(c1ccc(N)cc1)c1ccc(CC(CCCCCCC)Cc2ccc(C(CCCCCCCCC)c3ccc(N)cc3)cc2)cc1. The predicted molar refractivity (Wildman–Crippen MR) is 248 cm³/mol. The number of anilines is 2. The maximum atomic E-state index is 6.11. The molecule has 0 spiro atoms. The smallest absolute Gasteiger partial charge is 0.0314 e. The van der Waals surface area contributed by atoms with Gasteiger partial charge in [-0.15, -0.1) is 0 Å². The highest BCUT2D eigenvalue weighted by molar-refractivity contribution is 5.44. The zero-order chi connectivity index (χ0) is 39.6. The van der Waals surface area contributed by atoms with E-state index in [0.29, 0.717) is 17.8 Å². The maximum absolute atomic E-state index is 6.11. The average Bonchev–Trinajstić information content (AvgIpc) is 3.22. The lowest BCUT2D eigenvalue weighted by atomic mass is 9.83. The Labute approximate surface area is 344 Å². The molecule has 0 aliphatic heterocycles. The standard InChI is InChI=1S/C54H80N2/c1-4-7-10-13-15-18-21-24-53(49-34-38-51(55)39-35-49)47-30-26-44(27-31-47)42-46(23-20-17-12-9-6-3)43-45-28-32-48(33-29-45)54(50-36-40-52(56)41-37-50)25-22-19-16-14-11-8-5-2/h26-41,46,53-54H,4-25,42-43,55-56H2,1-3H3. The van der Waals surface area contributed by atoms with E-state index in [1.165, 1.54) is 175 Å². The van der Waals surface area contributed by atoms with Crippen molar-refractivity contribution < 1.29 is 0 Å². The van der Waals surface area contributed by atoms with Gasteiger partial charge in [-0.2, -0.15) is 0 Å². The van der Waals surface area contributed by atoms with Gasteiger partial charge < -0.3 is 11.5 Å². The van der Waals surface area contributed by atoms with E-state index in [1.807, 2.05) is 0 Å². The van der Waals surface area contributed by atoms with Crippen molar-refractivity contribution in [1.29, 1.82) is 0 Å². The number of benzene rings is 4. The van der Waals surface area contributed by atoms with Gasteiger partial charge in [0.25, 0.3) is 0 Å². The number of hydrogen-bond donors (Lipinski definition) is 2. The van der Waals surface area contributed by atoms with Crippen LogP contribution >= 0.6 is 0 Å². The minimum absolute atomic E-state index is 0.427. The fourth-order valence-corrected chi connectivity index (χ4v) is 8.87. The Morgan fingerprint density at radius 3 is 0.911 bits per heavy atom. The highest BCUT2D eigenvalue weighted by Crippen LogP contribution is 2.34. The first-order valence-corrected chi connectivity index (χ1v) is 23.4. The van der Waals surface area contributed by atoms with Crippen molar-refractivity contribution >= 4 is 11.4 Å². The van der Waals surface area contributed by atoms with E-state index in [-0.39, 0.29) is 0 Å². The second-order valence-electron chi connectivity index (χ2n) is 17.2. The lowest BCUT2D eigenvalue weighted by molar-refractivity contribution is 0.446. The molecule has 0 heterocycles. The summed E-state index contributed by atoms with van der Waals surface area (Å²) in [5.74, 6) is 1.50. The van der Waals surface area contributed by atoms with Crippen molar-refractivity contribution in [2.24, 2.45) is 5.92 Å². The Bertz CT molecular complexity index is 1420. The van der Waals surface area contributed by atoms with E-state index < -0.39 is 0 Å². The van der Waals surface area contributed by atoms with Gasteiger partial charge in [0.1, 0.15) is 0 Å². The fraction of sp³-hybridized carbons (Fsp3) is 0.556. The number of nitrogens with two attached hydrogens (primary N) is 2. The molecule has 0 fully saturated rings. The highest BCUT2D eigenvalue weighted by Gasteiger charge is 2.18. The lowest BCUT2D eigenvalue weighted by Crippen LogP contribution is -2.10. The number of hydrogen-bond acceptors (Lipinski definition) is 2. The molecule has 4 N–H and O–H groups in total. The summed E-state index contributed by atoms with van der Waals surface area (Å²) in [6.07, 6.45) is 31.5. The van der Waals surface area contributed by atoms with Gasteiger partial charge in [-0.1, -0.05) is 216 Å². The van der Waals surface area contributed by atoms with Crippen molar-refractivity contribution in [3.05, 3.63) is 130 Å². The molecule has 0 aromatic heterocycles. The Hall–Kier alpha value is -3.52. The molecular formula is C54H80N2. The van der Waals surface area contributed by atoms with Crippen molar-refractivity contribution in [2.45, 2.75) is 187 Å². The van der Waals surface area contributed by atoms with Crippen LogP contribution in [-0.2, 0) is 12.8 Å². The van der Waals surface area contributed by atoms with Gasteiger partial charge >= 0.3 is 0 Å². The van der Waals surface area contributed by atoms with Crippen LogP contribution in [0.15, 0.2) is 97.1 Å². The number of rotatable bonds is 30. The molecule has 0 radical (unpaired) electrons. The maximum Gasteiger partial charge on any atom is 0.0314 e.